The highest BCUT2D eigenvalue weighted by atomic mass is 35.5. The van der Waals surface area contributed by atoms with Crippen LogP contribution in [0.2, 0.25) is 10.0 Å². The van der Waals surface area contributed by atoms with Crippen molar-refractivity contribution >= 4 is 89.2 Å². The Morgan fingerprint density at radius 2 is 1.00 bits per heavy atom. The topological polar surface area (TPSA) is 58.2 Å². The first-order valence-corrected chi connectivity index (χ1v) is 15.3. The maximum Gasteiger partial charge on any atom is 0.267 e. The third-order valence-corrected chi connectivity index (χ3v) is 10.1. The molecule has 0 atom stereocenters. The molecular formula is C33H24Cl2N2O2S2. The van der Waals surface area contributed by atoms with Crippen LogP contribution < -0.4 is 10.6 Å². The van der Waals surface area contributed by atoms with Crippen molar-refractivity contribution in [3.05, 3.63) is 127 Å². The fraction of sp³-hybridized carbons (Fsp3) is 0.0909. The number of carbonyl (C=O) groups excluding carboxylic acids is 2. The number of benzene rings is 4. The van der Waals surface area contributed by atoms with Gasteiger partial charge in [-0.15, -0.1) is 22.7 Å². The Bertz CT molecular complexity index is 1800. The van der Waals surface area contributed by atoms with Crippen LogP contribution in [0.4, 0.5) is 11.4 Å². The molecule has 6 aromatic rings. The number of halogens is 2. The van der Waals surface area contributed by atoms with Crippen molar-refractivity contribution in [3.8, 4) is 0 Å². The highest BCUT2D eigenvalue weighted by Crippen LogP contribution is 2.37. The predicted octanol–water partition coefficient (Wildman–Crippen LogP) is 10.1. The number of anilines is 2. The van der Waals surface area contributed by atoms with Gasteiger partial charge in [-0.1, -0.05) is 71.7 Å². The van der Waals surface area contributed by atoms with Crippen LogP contribution >= 0.6 is 45.9 Å². The van der Waals surface area contributed by atoms with Crippen LogP contribution in [-0.2, 0) is 6.42 Å². The smallest absolute Gasteiger partial charge is 0.267 e. The Morgan fingerprint density at radius 1 is 0.610 bits per heavy atom. The van der Waals surface area contributed by atoms with Crippen LogP contribution in [0.25, 0.3) is 20.2 Å². The molecule has 0 aliphatic carbocycles. The van der Waals surface area contributed by atoms with Crippen molar-refractivity contribution in [2.45, 2.75) is 20.3 Å². The van der Waals surface area contributed by atoms with E-state index in [-0.39, 0.29) is 11.8 Å². The van der Waals surface area contributed by atoms with Crippen molar-refractivity contribution < 1.29 is 9.59 Å². The first kappa shape index (κ1) is 27.5. The lowest BCUT2D eigenvalue weighted by molar-refractivity contribution is 0.102. The zero-order chi connectivity index (χ0) is 28.7. The Kier molecular flexibility index (Phi) is 7.58. The van der Waals surface area contributed by atoms with Crippen molar-refractivity contribution in [3.63, 3.8) is 0 Å². The fourth-order valence-corrected chi connectivity index (χ4v) is 7.68. The van der Waals surface area contributed by atoms with E-state index < -0.39 is 0 Å². The minimum atomic E-state index is -0.216. The van der Waals surface area contributed by atoms with Crippen LogP contribution in [0.3, 0.4) is 0 Å². The molecule has 0 radical (unpaired) electrons. The second-order valence-corrected chi connectivity index (χ2v) is 12.8. The molecule has 2 amide bonds. The molecule has 0 saturated heterocycles. The van der Waals surface area contributed by atoms with Crippen molar-refractivity contribution in [1.82, 2.24) is 0 Å². The van der Waals surface area contributed by atoms with Crippen molar-refractivity contribution in [2.24, 2.45) is 0 Å². The molecule has 6 rings (SSSR count). The quantitative estimate of drug-likeness (QED) is 0.196. The van der Waals surface area contributed by atoms with Gasteiger partial charge in [0, 0.05) is 31.5 Å². The molecule has 0 unspecified atom stereocenters. The van der Waals surface area contributed by atoms with Gasteiger partial charge in [0.15, 0.2) is 0 Å². The van der Waals surface area contributed by atoms with Crippen LogP contribution in [0.15, 0.2) is 84.9 Å². The van der Waals surface area contributed by atoms with Crippen LogP contribution in [-0.4, -0.2) is 11.8 Å². The molecular weight excluding hydrogens is 591 g/mol. The van der Waals surface area contributed by atoms with Gasteiger partial charge >= 0.3 is 0 Å². The van der Waals surface area contributed by atoms with E-state index in [4.69, 9.17) is 23.2 Å². The molecule has 204 valence electrons. The maximum atomic E-state index is 12.9. The van der Waals surface area contributed by atoms with Gasteiger partial charge in [0.05, 0.1) is 10.0 Å². The van der Waals surface area contributed by atoms with Crippen LogP contribution in [0.5, 0.6) is 0 Å². The van der Waals surface area contributed by atoms with E-state index in [0.717, 1.165) is 42.4 Å². The first-order chi connectivity index (χ1) is 19.7. The molecule has 4 aromatic carbocycles. The third kappa shape index (κ3) is 5.74. The zero-order valence-corrected chi connectivity index (χ0v) is 25.3. The molecule has 0 fully saturated rings. The molecule has 8 heteroatoms. The number of aryl methyl sites for hydroxylation is 2. The highest BCUT2D eigenvalue weighted by molar-refractivity contribution is 7.22. The molecule has 0 aliphatic rings. The van der Waals surface area contributed by atoms with E-state index >= 15 is 0 Å². The minimum absolute atomic E-state index is 0.216. The van der Waals surface area contributed by atoms with Gasteiger partial charge in [-0.3, -0.25) is 9.59 Å². The minimum Gasteiger partial charge on any atom is -0.321 e. The summed E-state index contributed by atoms with van der Waals surface area (Å²) in [5.41, 5.74) is 5.87. The van der Waals surface area contributed by atoms with Crippen molar-refractivity contribution in [1.29, 1.82) is 0 Å². The van der Waals surface area contributed by atoms with Gasteiger partial charge in [-0.2, -0.15) is 0 Å². The van der Waals surface area contributed by atoms with E-state index in [1.165, 1.54) is 22.7 Å². The van der Waals surface area contributed by atoms with Gasteiger partial charge < -0.3 is 10.6 Å². The van der Waals surface area contributed by atoms with E-state index in [1.54, 1.807) is 0 Å². The lowest BCUT2D eigenvalue weighted by atomic mass is 10.0. The summed E-state index contributed by atoms with van der Waals surface area (Å²) < 4.78 is 2.00. The second kappa shape index (κ2) is 11.3. The number of fused-ring (bicyclic) bond motifs is 2. The first-order valence-electron chi connectivity index (χ1n) is 12.9. The number of hydrogen-bond donors (Lipinski definition) is 2. The number of carbonyl (C=O) groups is 2. The number of amides is 2. The largest absolute Gasteiger partial charge is 0.321 e. The molecule has 0 saturated carbocycles. The number of thiophene rings is 2. The van der Waals surface area contributed by atoms with E-state index in [2.05, 4.69) is 10.6 Å². The van der Waals surface area contributed by atoms with E-state index in [0.29, 0.717) is 37.6 Å². The monoisotopic (exact) mass is 614 g/mol. The van der Waals surface area contributed by atoms with Crippen LogP contribution in [0.1, 0.15) is 41.6 Å². The summed E-state index contributed by atoms with van der Waals surface area (Å²) in [4.78, 5) is 26.9. The van der Waals surface area contributed by atoms with Gasteiger partial charge in [-0.25, -0.2) is 0 Å². The summed E-state index contributed by atoms with van der Waals surface area (Å²) in [6.07, 6.45) is 0.714. The molecule has 2 N–H and O–H groups in total. The average molecular weight is 616 g/mol. The predicted molar refractivity (Wildman–Crippen MR) is 175 cm³/mol. The van der Waals surface area contributed by atoms with Gasteiger partial charge in [0.1, 0.15) is 9.75 Å². The summed E-state index contributed by atoms with van der Waals surface area (Å²) >= 11 is 15.8. The fourth-order valence-electron chi connectivity index (χ4n) is 4.66. The average Bonchev–Trinajstić information content (AvgIpc) is 3.46. The lowest BCUT2D eigenvalue weighted by Crippen LogP contribution is -2.10. The Hall–Kier alpha value is -3.68. The standard InChI is InChI=1S/C33H24Cl2N2O2S2/c1-18-3-13-24-26(15-18)40-30(28(24)34)32(38)36-22-9-5-20(6-10-22)17-21-7-11-23(12-8-21)37-33(39)31-29(35)25-14-4-19(2)16-27(25)41-31/h3-16H,17H2,1-2H3,(H,36,38)(H,37,39). The summed E-state index contributed by atoms with van der Waals surface area (Å²) in [5.74, 6) is -0.433. The Morgan fingerprint density at radius 3 is 1.39 bits per heavy atom. The molecule has 0 bridgehead atoms. The summed E-state index contributed by atoms with van der Waals surface area (Å²) in [7, 11) is 0. The molecule has 4 nitrogen and oxygen atoms in total. The van der Waals surface area contributed by atoms with E-state index in [1.807, 2.05) is 98.8 Å². The summed E-state index contributed by atoms with van der Waals surface area (Å²) in [5, 5.41) is 8.68. The maximum absolute atomic E-state index is 12.9. The number of hydrogen-bond acceptors (Lipinski definition) is 4. The number of rotatable bonds is 6. The zero-order valence-electron chi connectivity index (χ0n) is 22.2. The molecule has 41 heavy (non-hydrogen) atoms. The lowest BCUT2D eigenvalue weighted by Gasteiger charge is -2.08. The van der Waals surface area contributed by atoms with E-state index in [9.17, 15) is 9.59 Å². The SMILES string of the molecule is Cc1ccc2c(Cl)c(C(=O)Nc3ccc(Cc4ccc(NC(=O)c5sc6cc(C)ccc6c5Cl)cc4)cc3)sc2c1. The van der Waals surface area contributed by atoms with Crippen molar-refractivity contribution in [2.75, 3.05) is 10.6 Å². The number of nitrogens with one attached hydrogen (secondary N) is 2. The Labute approximate surface area is 255 Å². The highest BCUT2D eigenvalue weighted by Gasteiger charge is 2.19. The van der Waals surface area contributed by atoms with Gasteiger partial charge in [0.2, 0.25) is 0 Å². The summed E-state index contributed by atoms with van der Waals surface area (Å²) in [6, 6.07) is 27.5. The van der Waals surface area contributed by atoms with Crippen LogP contribution in [0, 0.1) is 13.8 Å². The third-order valence-electron chi connectivity index (χ3n) is 6.81. The molecule has 0 spiro atoms. The second-order valence-electron chi connectivity index (χ2n) is 9.97. The molecule has 2 heterocycles. The van der Waals surface area contributed by atoms with Gasteiger partial charge in [-0.05, 0) is 78.9 Å². The molecule has 2 aromatic heterocycles. The molecule has 0 aliphatic heterocycles. The van der Waals surface area contributed by atoms with Gasteiger partial charge in [0.25, 0.3) is 11.8 Å². The Balaban J connectivity index is 1.08. The normalized spacial score (nSPS) is 11.2. The summed E-state index contributed by atoms with van der Waals surface area (Å²) in [6.45, 7) is 4.04.